The number of fused-ring (bicyclic) bond motifs is 6. The van der Waals surface area contributed by atoms with E-state index in [1.807, 2.05) is 13.0 Å². The summed E-state index contributed by atoms with van der Waals surface area (Å²) < 4.78 is 27.7. The van der Waals surface area contributed by atoms with Crippen LogP contribution < -0.4 is 15.5 Å². The first-order chi connectivity index (χ1) is 23.2. The summed E-state index contributed by atoms with van der Waals surface area (Å²) in [5.41, 5.74) is 4.54. The van der Waals surface area contributed by atoms with Crippen molar-refractivity contribution in [3.8, 4) is 16.9 Å². The molecule has 262 valence electrons. The van der Waals surface area contributed by atoms with Crippen molar-refractivity contribution in [2.75, 3.05) is 34.4 Å². The molecule has 1 atom stereocenters. The number of carbonyl (C=O) groups excluding carboxylic acids is 2. The number of benzene rings is 3. The van der Waals surface area contributed by atoms with E-state index in [4.69, 9.17) is 19.0 Å². The Kier molecular flexibility index (Phi) is 10.3. The van der Waals surface area contributed by atoms with E-state index in [0.717, 1.165) is 56.1 Å². The van der Waals surface area contributed by atoms with Gasteiger partial charge in [-0.15, -0.1) is 0 Å². The maximum Gasteiger partial charge on any atom is 0.494 e. The van der Waals surface area contributed by atoms with E-state index in [2.05, 4.69) is 97.7 Å². The van der Waals surface area contributed by atoms with Crippen LogP contribution >= 0.6 is 0 Å². The summed E-state index contributed by atoms with van der Waals surface area (Å²) in [4.78, 5) is 34.5. The molecular weight excluding hydrogens is 623 g/mol. The number of rotatable bonds is 4. The smallest absolute Gasteiger partial charge is 0.488 e. The first-order valence-electron chi connectivity index (χ1n) is 16.8. The highest BCUT2D eigenvalue weighted by molar-refractivity contribution is 6.62. The van der Waals surface area contributed by atoms with E-state index in [1.165, 1.54) is 13.5 Å². The molecule has 2 amide bonds. The van der Waals surface area contributed by atoms with Crippen LogP contribution in [0.25, 0.3) is 32.9 Å². The molecule has 3 aromatic carbocycles. The lowest BCUT2D eigenvalue weighted by molar-refractivity contribution is -0.146. The van der Waals surface area contributed by atoms with E-state index >= 15 is 0 Å². The second-order valence-corrected chi connectivity index (χ2v) is 13.9. The van der Waals surface area contributed by atoms with Gasteiger partial charge in [-0.3, -0.25) is 4.79 Å². The van der Waals surface area contributed by atoms with Gasteiger partial charge in [0.25, 0.3) is 0 Å². The molecule has 3 aliphatic rings. The molecule has 3 aliphatic heterocycles. The van der Waals surface area contributed by atoms with Gasteiger partial charge in [0.15, 0.2) is 0 Å². The number of likely N-dealkylation sites (tertiary alicyclic amines) is 1. The lowest BCUT2D eigenvalue weighted by Crippen LogP contribution is -2.60. The quantitative estimate of drug-likeness (QED) is 0.251. The molecular formula is C37H49BN4O7. The Morgan fingerprint density at radius 2 is 1.65 bits per heavy atom. The second kappa shape index (κ2) is 14.0. The van der Waals surface area contributed by atoms with Gasteiger partial charge in [-0.1, -0.05) is 44.5 Å². The number of methoxy groups -OCH3 is 2. The minimum absolute atomic E-state index is 0.130. The van der Waals surface area contributed by atoms with Crippen molar-refractivity contribution in [1.29, 1.82) is 0 Å². The fraction of sp³-hybridized carbons (Fsp3) is 0.486. The summed E-state index contributed by atoms with van der Waals surface area (Å²) in [6.45, 7) is 15.4. The molecule has 2 fully saturated rings. The van der Waals surface area contributed by atoms with E-state index in [0.29, 0.717) is 19.0 Å². The third kappa shape index (κ3) is 6.74. The molecule has 4 heterocycles. The van der Waals surface area contributed by atoms with Gasteiger partial charge in [0.1, 0.15) is 24.7 Å². The van der Waals surface area contributed by atoms with Gasteiger partial charge in [-0.2, -0.15) is 0 Å². The molecule has 49 heavy (non-hydrogen) atoms. The monoisotopic (exact) mass is 672 g/mol. The van der Waals surface area contributed by atoms with Gasteiger partial charge in [0, 0.05) is 31.7 Å². The standard InChI is InChI=1S/C32H35BN4O6.C3H8.C2H6O/c1-30(2)31(3,4)43-33(42-30)20-8-9-21-19(13-20)17-41-25-15-22-18(14-23(21)25)7-10-24-27(22)36-28(35-24)32(5)11-12-37(32)26(38)16-34-29(39)40-6;2*1-3-2/h7-10,13-15H,11-12,16-17H2,1-6H3,(H,34,39)(H,35,36);3H2,1-2H3;1-2H3. The fourth-order valence-electron chi connectivity index (χ4n) is 6.21. The van der Waals surface area contributed by atoms with Crippen LogP contribution in [-0.4, -0.2) is 79.6 Å². The number of H-pyrrole nitrogens is 1. The van der Waals surface area contributed by atoms with Crippen molar-refractivity contribution < 1.29 is 33.1 Å². The van der Waals surface area contributed by atoms with Crippen LogP contribution in [0.1, 0.15) is 72.7 Å². The summed E-state index contributed by atoms with van der Waals surface area (Å²) in [5, 5.41) is 4.49. The topological polar surface area (TPSA) is 124 Å². The number of carbonyl (C=O) groups is 2. The molecule has 2 N–H and O–H groups in total. The van der Waals surface area contributed by atoms with Crippen LogP contribution in [0.5, 0.6) is 5.75 Å². The normalized spacial score (nSPS) is 19.7. The number of nitrogens with zero attached hydrogens (tertiary/aromatic N) is 2. The average molecular weight is 673 g/mol. The van der Waals surface area contributed by atoms with Crippen molar-refractivity contribution in [1.82, 2.24) is 20.2 Å². The summed E-state index contributed by atoms with van der Waals surface area (Å²) in [6, 6.07) is 14.7. The summed E-state index contributed by atoms with van der Waals surface area (Å²) in [5.74, 6) is 1.33. The number of nitrogens with one attached hydrogen (secondary N) is 2. The van der Waals surface area contributed by atoms with Gasteiger partial charge < -0.3 is 38.7 Å². The molecule has 11 nitrogen and oxygen atoms in total. The highest BCUT2D eigenvalue weighted by atomic mass is 16.7. The molecule has 0 aliphatic carbocycles. The van der Waals surface area contributed by atoms with Gasteiger partial charge in [0.05, 0.1) is 34.9 Å². The van der Waals surface area contributed by atoms with Gasteiger partial charge in [-0.05, 0) is 81.2 Å². The maximum absolute atomic E-state index is 12.9. The Balaban J connectivity index is 0.000000729. The van der Waals surface area contributed by atoms with Gasteiger partial charge in [0.2, 0.25) is 5.91 Å². The predicted molar refractivity (Wildman–Crippen MR) is 192 cm³/mol. The molecule has 1 unspecified atom stereocenters. The minimum Gasteiger partial charge on any atom is -0.488 e. The molecule has 4 aromatic rings. The molecule has 0 saturated carbocycles. The molecule has 0 radical (unpaired) electrons. The van der Waals surface area contributed by atoms with Crippen LogP contribution in [0.4, 0.5) is 4.79 Å². The van der Waals surface area contributed by atoms with E-state index < -0.39 is 30.0 Å². The van der Waals surface area contributed by atoms with Gasteiger partial charge in [-0.25, -0.2) is 9.78 Å². The fourth-order valence-corrected chi connectivity index (χ4v) is 6.21. The SMILES string of the molecule is CCC.COC.COC(=O)NCC(=O)N1CCC1(C)c1nc2c(ccc3cc4c(cc32)OCc2cc(B3OC(C)(C)C(C)(C)O3)ccc2-4)[nH]1. The van der Waals surface area contributed by atoms with Crippen LogP contribution in [0, 0.1) is 0 Å². The largest absolute Gasteiger partial charge is 0.494 e. The molecule has 0 bridgehead atoms. The van der Waals surface area contributed by atoms with Crippen molar-refractivity contribution in [3.05, 3.63) is 53.9 Å². The van der Waals surface area contributed by atoms with Crippen molar-refractivity contribution in [2.24, 2.45) is 0 Å². The minimum atomic E-state index is -0.635. The van der Waals surface area contributed by atoms with E-state index in [1.54, 1.807) is 19.1 Å². The number of ether oxygens (including phenoxy) is 3. The van der Waals surface area contributed by atoms with Crippen molar-refractivity contribution in [3.63, 3.8) is 0 Å². The van der Waals surface area contributed by atoms with Crippen molar-refractivity contribution >= 4 is 46.4 Å². The number of hydrogen-bond donors (Lipinski definition) is 2. The number of aromatic nitrogens is 2. The van der Waals surface area contributed by atoms with E-state index in [-0.39, 0.29) is 12.5 Å². The van der Waals surface area contributed by atoms with Gasteiger partial charge >= 0.3 is 13.2 Å². The lowest BCUT2D eigenvalue weighted by Gasteiger charge is -2.49. The predicted octanol–water partition coefficient (Wildman–Crippen LogP) is 6.06. The number of imidazole rings is 1. The van der Waals surface area contributed by atoms with Crippen LogP contribution in [0.3, 0.4) is 0 Å². The van der Waals surface area contributed by atoms with Crippen LogP contribution in [0.15, 0.2) is 42.5 Å². The number of hydrogen-bond acceptors (Lipinski definition) is 8. The Morgan fingerprint density at radius 3 is 2.27 bits per heavy atom. The Hall–Kier alpha value is -4.13. The first-order valence-corrected chi connectivity index (χ1v) is 16.8. The molecule has 0 spiro atoms. The van der Waals surface area contributed by atoms with Crippen molar-refractivity contribution in [2.45, 2.75) is 84.7 Å². The summed E-state index contributed by atoms with van der Waals surface area (Å²) in [6.07, 6.45) is 1.38. The first kappa shape index (κ1) is 36.2. The maximum atomic E-state index is 12.9. The third-order valence-corrected chi connectivity index (χ3v) is 9.69. The van der Waals surface area contributed by atoms with Crippen LogP contribution in [-0.2, 0) is 35.7 Å². The molecule has 12 heteroatoms. The Bertz CT molecular complexity index is 1840. The Labute approximate surface area is 289 Å². The number of alkyl carbamates (subject to hydrolysis) is 1. The number of amides is 2. The summed E-state index contributed by atoms with van der Waals surface area (Å²) in [7, 11) is 4.09. The lowest BCUT2D eigenvalue weighted by atomic mass is 9.77. The summed E-state index contributed by atoms with van der Waals surface area (Å²) >= 11 is 0. The molecule has 1 aromatic heterocycles. The highest BCUT2D eigenvalue weighted by Crippen LogP contribution is 2.44. The zero-order valence-corrected chi connectivity index (χ0v) is 30.4. The average Bonchev–Trinajstić information content (AvgIpc) is 3.59. The zero-order chi connectivity index (χ0) is 35.7. The zero-order valence-electron chi connectivity index (χ0n) is 30.4. The van der Waals surface area contributed by atoms with Crippen LogP contribution in [0.2, 0.25) is 0 Å². The highest BCUT2D eigenvalue weighted by Gasteiger charge is 2.52. The Morgan fingerprint density at radius 1 is 0.980 bits per heavy atom. The molecule has 7 rings (SSSR count). The van der Waals surface area contributed by atoms with E-state index in [9.17, 15) is 9.59 Å². The number of aromatic amines is 1. The molecule has 2 saturated heterocycles. The third-order valence-electron chi connectivity index (χ3n) is 9.69. The second-order valence-electron chi connectivity index (χ2n) is 13.9.